The zero-order chi connectivity index (χ0) is 10.4. The molecule has 0 aromatic carbocycles. The monoisotopic (exact) mass is 240 g/mol. The van der Waals surface area contributed by atoms with Gasteiger partial charge in [0.2, 0.25) is 0 Å². The molecular formula is H5F2LiO8P2. The van der Waals surface area contributed by atoms with Crippen LogP contribution >= 0.6 is 15.6 Å². The Morgan fingerprint density at radius 3 is 1.00 bits per heavy atom. The van der Waals surface area contributed by atoms with Crippen molar-refractivity contribution >= 4 is 15.6 Å². The Hall–Kier alpha value is 0.677. The molecule has 78 valence electrons. The Labute approximate surface area is 83.8 Å². The third kappa shape index (κ3) is 32.4. The smallest absolute Gasteiger partial charge is 1.00 e. The van der Waals surface area contributed by atoms with E-state index in [1.54, 1.807) is 0 Å². The fraction of sp³-hybridized carbons (Fsp3) is 0. The van der Waals surface area contributed by atoms with E-state index >= 15 is 0 Å². The molecule has 0 aliphatic rings. The molecule has 0 aliphatic heterocycles. The van der Waals surface area contributed by atoms with Gasteiger partial charge in [-0.1, -0.05) is 9.46 Å². The predicted molar refractivity (Wildman–Crippen MR) is 29.6 cm³/mol. The van der Waals surface area contributed by atoms with Crippen LogP contribution in [0, 0.1) is 0 Å². The molecule has 0 aliphatic carbocycles. The van der Waals surface area contributed by atoms with E-state index in [1.165, 1.54) is 0 Å². The van der Waals surface area contributed by atoms with Gasteiger partial charge in [0.25, 0.3) is 0 Å². The molecule has 0 rings (SSSR count). The molecule has 0 aromatic heterocycles. The molecule has 0 fully saturated rings. The van der Waals surface area contributed by atoms with Crippen LogP contribution in [0.25, 0.3) is 0 Å². The minimum atomic E-state index is -4.81. The molecule has 0 radical (unpaired) electrons. The summed E-state index contributed by atoms with van der Waals surface area (Å²) >= 11 is 0. The van der Waals surface area contributed by atoms with E-state index in [4.69, 9.17) is 28.7 Å². The van der Waals surface area contributed by atoms with Gasteiger partial charge in [0.1, 0.15) is 0 Å². The molecule has 0 saturated heterocycles. The fourth-order valence-corrected chi connectivity index (χ4v) is 0. The maximum Gasteiger partial charge on any atom is 1.00 e. The second kappa shape index (κ2) is 8.02. The van der Waals surface area contributed by atoms with Crippen LogP contribution in [0.4, 0.5) is 9.05 Å². The molecule has 0 bridgehead atoms. The standard InChI is InChI=1S/2FH2O4P.Li.H/c2*1-5-6(2,3)4;;/h2*(H2,2,3,4);;/q;;+1;-1. The van der Waals surface area contributed by atoms with Gasteiger partial charge in [-0.25, -0.2) is 9.13 Å². The second-order valence-electron chi connectivity index (χ2n) is 1.12. The van der Waals surface area contributed by atoms with Crippen molar-refractivity contribution in [3.05, 3.63) is 0 Å². The van der Waals surface area contributed by atoms with Crippen molar-refractivity contribution in [3.63, 3.8) is 0 Å². The topological polar surface area (TPSA) is 134 Å². The predicted octanol–water partition coefficient (Wildman–Crippen LogP) is -2.92. The summed E-state index contributed by atoms with van der Waals surface area (Å²) < 4.78 is 42.9. The summed E-state index contributed by atoms with van der Waals surface area (Å²) in [6, 6.07) is 0. The first-order valence-electron chi connectivity index (χ1n) is 1.84. The summed E-state index contributed by atoms with van der Waals surface area (Å²) in [4.78, 5) is 29.4. The number of hydrogen-bond donors (Lipinski definition) is 4. The van der Waals surface area contributed by atoms with Gasteiger partial charge in [0, 0.05) is 0 Å². The van der Waals surface area contributed by atoms with Crippen LogP contribution in [0.15, 0.2) is 0 Å². The summed E-state index contributed by atoms with van der Waals surface area (Å²) in [7, 11) is -9.63. The van der Waals surface area contributed by atoms with E-state index in [-0.39, 0.29) is 20.3 Å². The van der Waals surface area contributed by atoms with E-state index in [0.29, 0.717) is 0 Å². The van der Waals surface area contributed by atoms with E-state index in [9.17, 15) is 9.05 Å². The summed E-state index contributed by atoms with van der Waals surface area (Å²) in [5.41, 5.74) is 0. The summed E-state index contributed by atoms with van der Waals surface area (Å²) in [6.45, 7) is 0. The second-order valence-corrected chi connectivity index (χ2v) is 3.36. The van der Waals surface area contributed by atoms with Gasteiger partial charge in [0.05, 0.1) is 0 Å². The van der Waals surface area contributed by atoms with Crippen molar-refractivity contribution in [3.8, 4) is 0 Å². The molecule has 13 heavy (non-hydrogen) atoms. The van der Waals surface area contributed by atoms with E-state index < -0.39 is 15.6 Å². The van der Waals surface area contributed by atoms with Crippen LogP contribution in [0.5, 0.6) is 0 Å². The van der Waals surface area contributed by atoms with Crippen molar-refractivity contribution in [2.75, 3.05) is 0 Å². The summed E-state index contributed by atoms with van der Waals surface area (Å²) in [5, 5.41) is 0. The van der Waals surface area contributed by atoms with Gasteiger partial charge >= 0.3 is 34.5 Å². The molecule has 0 atom stereocenters. The maximum absolute atomic E-state index is 10.2. The van der Waals surface area contributed by atoms with E-state index in [1.807, 2.05) is 0 Å². The first-order chi connectivity index (χ1) is 5.12. The fourth-order valence-electron chi connectivity index (χ4n) is 0. The third-order valence-electron chi connectivity index (χ3n) is 0.180. The van der Waals surface area contributed by atoms with Gasteiger partial charge in [0.15, 0.2) is 0 Å². The van der Waals surface area contributed by atoms with Crippen LogP contribution in [0.2, 0.25) is 0 Å². The third-order valence-corrected chi connectivity index (χ3v) is 0.539. The van der Waals surface area contributed by atoms with E-state index in [0.717, 1.165) is 0 Å². The molecule has 0 saturated carbocycles. The van der Waals surface area contributed by atoms with Crippen molar-refractivity contribution in [1.82, 2.24) is 0 Å². The summed E-state index contributed by atoms with van der Waals surface area (Å²) in [6.07, 6.45) is 0. The van der Waals surface area contributed by atoms with E-state index in [2.05, 4.69) is 9.46 Å². The van der Waals surface area contributed by atoms with Crippen LogP contribution in [0.3, 0.4) is 0 Å². The molecule has 4 N–H and O–H groups in total. The number of rotatable bonds is 2. The number of halogens is 2. The zero-order valence-electron chi connectivity index (χ0n) is 7.07. The largest absolute Gasteiger partial charge is 1.00 e. The Bertz CT molecular complexity index is 176. The van der Waals surface area contributed by atoms with Crippen LogP contribution in [-0.2, 0) is 18.6 Å². The van der Waals surface area contributed by atoms with Gasteiger partial charge < -0.3 is 21.0 Å². The Morgan fingerprint density at radius 1 is 0.923 bits per heavy atom. The SMILES string of the molecule is O=P(O)(O)OF.O=P(O)(O)OF.[H-].[Li+]. The quantitative estimate of drug-likeness (QED) is 0.298. The first-order valence-corrected chi connectivity index (χ1v) is 4.90. The number of hydrogen-bond acceptors (Lipinski definition) is 4. The van der Waals surface area contributed by atoms with Crippen molar-refractivity contribution in [2.45, 2.75) is 0 Å². The molecule has 0 amide bonds. The average Bonchev–Trinajstić information content (AvgIpc) is 1.86. The minimum absolute atomic E-state index is 0. The first kappa shape index (κ1) is 19.3. The Kier molecular flexibility index (Phi) is 11.9. The molecular weight excluding hydrogens is 235 g/mol. The van der Waals surface area contributed by atoms with Crippen molar-refractivity contribution in [1.29, 1.82) is 0 Å². The van der Waals surface area contributed by atoms with Crippen LogP contribution in [0.1, 0.15) is 1.43 Å². The normalized spacial score (nSPS) is 10.9. The van der Waals surface area contributed by atoms with Crippen molar-refractivity contribution < 1.29 is 67.5 Å². The molecule has 13 heteroatoms. The average molecular weight is 240 g/mol. The number of phosphoric acid groups is 2. The minimum Gasteiger partial charge on any atom is -1.00 e. The van der Waals surface area contributed by atoms with Crippen LogP contribution < -0.4 is 18.9 Å². The van der Waals surface area contributed by atoms with Gasteiger partial charge in [-0.2, -0.15) is 0 Å². The molecule has 8 nitrogen and oxygen atoms in total. The zero-order valence-corrected chi connectivity index (χ0v) is 7.86. The molecule has 0 heterocycles. The van der Waals surface area contributed by atoms with Gasteiger partial charge in [-0.15, -0.1) is 0 Å². The molecule has 0 spiro atoms. The Balaban J connectivity index is -0.0000000625. The maximum atomic E-state index is 10.2. The Morgan fingerprint density at radius 2 is 1.00 bits per heavy atom. The molecule has 0 aromatic rings. The van der Waals surface area contributed by atoms with Gasteiger partial charge in [-0.3, -0.25) is 0 Å². The van der Waals surface area contributed by atoms with Crippen LogP contribution in [-0.4, -0.2) is 19.6 Å². The van der Waals surface area contributed by atoms with Gasteiger partial charge in [-0.05, 0) is 9.05 Å². The van der Waals surface area contributed by atoms with Crippen molar-refractivity contribution in [2.24, 2.45) is 0 Å². The summed E-state index contributed by atoms with van der Waals surface area (Å²) in [5.74, 6) is 0. The molecule has 0 unspecified atom stereocenters.